The molecule has 0 N–H and O–H groups in total. The predicted molar refractivity (Wildman–Crippen MR) is 59.9 cm³/mol. The minimum absolute atomic E-state index is 0.253. The number of hydrogen-bond acceptors (Lipinski definition) is 2. The van der Waals surface area contributed by atoms with Gasteiger partial charge < -0.3 is 4.42 Å². The van der Waals surface area contributed by atoms with Gasteiger partial charge in [-0.25, -0.2) is 4.79 Å². The summed E-state index contributed by atoms with van der Waals surface area (Å²) in [5.74, 6) is 0.336. The van der Waals surface area contributed by atoms with E-state index < -0.39 is 0 Å². The van der Waals surface area contributed by atoms with Crippen molar-refractivity contribution < 1.29 is 4.42 Å². The van der Waals surface area contributed by atoms with Gasteiger partial charge in [-0.3, -0.25) is 4.57 Å². The van der Waals surface area contributed by atoms with E-state index in [1.54, 1.807) is 4.57 Å². The number of aromatic nitrogens is 1. The molecule has 1 aromatic carbocycles. The Hall–Kier alpha value is -1.51. The Bertz CT molecular complexity index is 508. The van der Waals surface area contributed by atoms with Gasteiger partial charge in [0.05, 0.1) is 5.52 Å². The molecule has 0 bridgehead atoms. The van der Waals surface area contributed by atoms with Crippen LogP contribution in [-0.2, 0) is 6.54 Å². The molecule has 0 atom stereocenters. The maximum absolute atomic E-state index is 11.5. The van der Waals surface area contributed by atoms with E-state index in [1.807, 2.05) is 24.3 Å². The highest BCUT2D eigenvalue weighted by atomic mass is 16.4. The number of benzene rings is 1. The van der Waals surface area contributed by atoms with Crippen LogP contribution >= 0.6 is 0 Å². The second-order valence-electron chi connectivity index (χ2n) is 4.17. The monoisotopic (exact) mass is 205 g/mol. The first-order chi connectivity index (χ1) is 7.18. The van der Waals surface area contributed by atoms with Gasteiger partial charge in [-0.1, -0.05) is 26.0 Å². The van der Waals surface area contributed by atoms with Crippen molar-refractivity contribution in [3.05, 3.63) is 34.8 Å². The predicted octanol–water partition coefficient (Wildman–Crippen LogP) is 2.64. The van der Waals surface area contributed by atoms with Gasteiger partial charge in [-0.2, -0.15) is 0 Å². The molecule has 0 spiro atoms. The summed E-state index contributed by atoms with van der Waals surface area (Å²) in [6, 6.07) is 7.53. The molecule has 15 heavy (non-hydrogen) atoms. The fourth-order valence-corrected chi connectivity index (χ4v) is 1.61. The van der Waals surface area contributed by atoms with E-state index in [0.717, 1.165) is 18.5 Å². The quantitative estimate of drug-likeness (QED) is 0.772. The largest absolute Gasteiger partial charge is 0.419 e. The summed E-state index contributed by atoms with van der Waals surface area (Å²) in [5, 5.41) is 0. The minimum Gasteiger partial charge on any atom is -0.408 e. The fraction of sp³-hybridized carbons (Fsp3) is 0.417. The van der Waals surface area contributed by atoms with E-state index in [4.69, 9.17) is 4.42 Å². The molecule has 2 aromatic rings. The Morgan fingerprint density at radius 2 is 2.07 bits per heavy atom. The van der Waals surface area contributed by atoms with Crippen molar-refractivity contribution in [2.45, 2.75) is 26.8 Å². The van der Waals surface area contributed by atoms with E-state index in [-0.39, 0.29) is 5.76 Å². The van der Waals surface area contributed by atoms with Crippen molar-refractivity contribution in [3.63, 3.8) is 0 Å². The summed E-state index contributed by atoms with van der Waals surface area (Å²) in [6.07, 6.45) is 0.990. The van der Waals surface area contributed by atoms with Gasteiger partial charge in [0, 0.05) is 6.54 Å². The van der Waals surface area contributed by atoms with E-state index in [0.29, 0.717) is 11.5 Å². The Balaban J connectivity index is 2.41. The van der Waals surface area contributed by atoms with Crippen LogP contribution in [0.2, 0.25) is 0 Å². The lowest BCUT2D eigenvalue weighted by atomic mass is 10.1. The third kappa shape index (κ3) is 1.96. The van der Waals surface area contributed by atoms with Crippen LogP contribution in [0.25, 0.3) is 11.1 Å². The molecule has 3 heteroatoms. The molecule has 2 rings (SSSR count). The van der Waals surface area contributed by atoms with Crippen molar-refractivity contribution in [2.75, 3.05) is 0 Å². The van der Waals surface area contributed by atoms with Gasteiger partial charge in [0.1, 0.15) is 0 Å². The molecule has 1 aromatic heterocycles. The summed E-state index contributed by atoms with van der Waals surface area (Å²) >= 11 is 0. The summed E-state index contributed by atoms with van der Waals surface area (Å²) in [6.45, 7) is 5.02. The first-order valence-corrected chi connectivity index (χ1v) is 5.27. The number of aryl methyl sites for hydroxylation is 1. The summed E-state index contributed by atoms with van der Waals surface area (Å²) in [4.78, 5) is 11.5. The van der Waals surface area contributed by atoms with E-state index >= 15 is 0 Å². The number of oxazole rings is 1. The number of hydrogen-bond donors (Lipinski definition) is 0. The molecule has 0 aliphatic heterocycles. The normalized spacial score (nSPS) is 11.4. The average molecular weight is 205 g/mol. The lowest BCUT2D eigenvalue weighted by Crippen LogP contribution is -2.15. The van der Waals surface area contributed by atoms with Gasteiger partial charge >= 0.3 is 5.76 Å². The minimum atomic E-state index is -0.253. The van der Waals surface area contributed by atoms with Crippen molar-refractivity contribution in [3.8, 4) is 0 Å². The van der Waals surface area contributed by atoms with Crippen molar-refractivity contribution in [2.24, 2.45) is 5.92 Å². The van der Waals surface area contributed by atoms with Gasteiger partial charge in [0.15, 0.2) is 5.58 Å². The highest BCUT2D eigenvalue weighted by molar-refractivity contribution is 5.72. The number of fused-ring (bicyclic) bond motifs is 1. The summed E-state index contributed by atoms with van der Waals surface area (Å²) in [7, 11) is 0. The zero-order valence-corrected chi connectivity index (χ0v) is 9.06. The molecular formula is C12H15NO2. The maximum atomic E-state index is 11.5. The smallest absolute Gasteiger partial charge is 0.408 e. The maximum Gasteiger partial charge on any atom is 0.419 e. The number of nitrogens with zero attached hydrogens (tertiary/aromatic N) is 1. The molecule has 0 aliphatic carbocycles. The summed E-state index contributed by atoms with van der Waals surface area (Å²) in [5.41, 5.74) is 1.56. The lowest BCUT2D eigenvalue weighted by Gasteiger charge is -2.04. The van der Waals surface area contributed by atoms with E-state index in [1.165, 1.54) is 0 Å². The molecule has 0 aliphatic rings. The molecule has 1 heterocycles. The summed E-state index contributed by atoms with van der Waals surface area (Å²) < 4.78 is 6.84. The van der Waals surface area contributed by atoms with Crippen LogP contribution < -0.4 is 5.76 Å². The van der Waals surface area contributed by atoms with E-state index in [9.17, 15) is 4.79 Å². The molecule has 0 fully saturated rings. The third-order valence-electron chi connectivity index (χ3n) is 2.50. The van der Waals surface area contributed by atoms with Crippen LogP contribution in [0.1, 0.15) is 20.3 Å². The third-order valence-corrected chi connectivity index (χ3v) is 2.50. The molecule has 0 unspecified atom stereocenters. The zero-order valence-electron chi connectivity index (χ0n) is 9.06. The average Bonchev–Trinajstić information content (AvgIpc) is 2.50. The van der Waals surface area contributed by atoms with Gasteiger partial charge in [-0.15, -0.1) is 0 Å². The molecule has 0 saturated carbocycles. The highest BCUT2D eigenvalue weighted by Gasteiger charge is 2.08. The van der Waals surface area contributed by atoms with Crippen molar-refractivity contribution in [1.29, 1.82) is 0 Å². The molecule has 80 valence electrons. The Labute approximate surface area is 88.3 Å². The topological polar surface area (TPSA) is 35.1 Å². The Morgan fingerprint density at radius 3 is 2.80 bits per heavy atom. The molecule has 0 radical (unpaired) electrons. The molecular weight excluding hydrogens is 190 g/mol. The second-order valence-corrected chi connectivity index (χ2v) is 4.17. The second kappa shape index (κ2) is 3.93. The van der Waals surface area contributed by atoms with Crippen LogP contribution in [-0.4, -0.2) is 4.57 Å². The molecule has 3 nitrogen and oxygen atoms in total. The van der Waals surface area contributed by atoms with Gasteiger partial charge in [0.2, 0.25) is 0 Å². The van der Waals surface area contributed by atoms with Crippen LogP contribution in [0, 0.1) is 5.92 Å². The standard InChI is InChI=1S/C12H15NO2/c1-9(2)7-8-13-10-5-3-4-6-11(10)15-12(13)14/h3-6,9H,7-8H2,1-2H3. The first-order valence-electron chi connectivity index (χ1n) is 5.27. The number of para-hydroxylation sites is 2. The highest BCUT2D eigenvalue weighted by Crippen LogP contribution is 2.13. The van der Waals surface area contributed by atoms with E-state index in [2.05, 4.69) is 13.8 Å². The zero-order chi connectivity index (χ0) is 10.8. The molecule has 0 saturated heterocycles. The van der Waals surface area contributed by atoms with Crippen LogP contribution in [0.5, 0.6) is 0 Å². The van der Waals surface area contributed by atoms with Crippen molar-refractivity contribution >= 4 is 11.1 Å². The Morgan fingerprint density at radius 1 is 1.33 bits per heavy atom. The lowest BCUT2D eigenvalue weighted by molar-refractivity contribution is 0.465. The van der Waals surface area contributed by atoms with Crippen LogP contribution in [0.15, 0.2) is 33.5 Å². The van der Waals surface area contributed by atoms with Crippen molar-refractivity contribution in [1.82, 2.24) is 4.57 Å². The number of rotatable bonds is 3. The Kier molecular flexibility index (Phi) is 2.62. The van der Waals surface area contributed by atoms with Crippen LogP contribution in [0.3, 0.4) is 0 Å². The SMILES string of the molecule is CC(C)CCn1c(=O)oc2ccccc21. The van der Waals surface area contributed by atoms with Gasteiger partial charge in [-0.05, 0) is 24.5 Å². The first kappa shape index (κ1) is 10.0. The van der Waals surface area contributed by atoms with Crippen LogP contribution in [0.4, 0.5) is 0 Å². The fourth-order valence-electron chi connectivity index (χ4n) is 1.61. The van der Waals surface area contributed by atoms with Gasteiger partial charge in [0.25, 0.3) is 0 Å². The molecule has 0 amide bonds.